The zero-order valence-corrected chi connectivity index (χ0v) is 18.4. The Morgan fingerprint density at radius 3 is 2.45 bits per heavy atom. The number of methoxy groups -OCH3 is 1. The number of anilines is 2. The maximum Gasteiger partial charge on any atom is 0.264 e. The van der Waals surface area contributed by atoms with Gasteiger partial charge in [-0.3, -0.25) is 9.10 Å². The van der Waals surface area contributed by atoms with Crippen LogP contribution in [0.3, 0.4) is 0 Å². The van der Waals surface area contributed by atoms with Crippen molar-refractivity contribution >= 4 is 38.9 Å². The second-order valence-electron chi connectivity index (χ2n) is 6.49. The lowest BCUT2D eigenvalue weighted by Gasteiger charge is -2.24. The molecule has 0 fully saturated rings. The minimum atomic E-state index is -4.00. The standard InChI is InChI=1S/C23H21ClN2O4S/c1-3-15-26(22-10-5-4-9-21(22)24)31(28,29)20-8-6-7-17(16-20)23(27)25-18-11-13-19(30-2)14-12-18/h3-14,16H,1,15H2,2H3,(H,25,27). The number of ether oxygens (including phenoxy) is 1. The first-order valence-corrected chi connectivity index (χ1v) is 11.1. The number of hydrogen-bond donors (Lipinski definition) is 1. The largest absolute Gasteiger partial charge is 0.497 e. The first-order valence-electron chi connectivity index (χ1n) is 9.30. The Bertz CT molecular complexity index is 1190. The summed E-state index contributed by atoms with van der Waals surface area (Å²) in [5, 5.41) is 3.04. The van der Waals surface area contributed by atoms with Gasteiger partial charge in [0.05, 0.1) is 29.3 Å². The van der Waals surface area contributed by atoms with Crippen LogP contribution in [-0.2, 0) is 10.0 Å². The monoisotopic (exact) mass is 456 g/mol. The van der Waals surface area contributed by atoms with Crippen LogP contribution in [0, 0.1) is 0 Å². The second kappa shape index (κ2) is 9.68. The Kier molecular flexibility index (Phi) is 6.99. The van der Waals surface area contributed by atoms with Gasteiger partial charge in [0.1, 0.15) is 5.75 Å². The zero-order chi connectivity index (χ0) is 22.4. The SMILES string of the molecule is C=CCN(c1ccccc1Cl)S(=O)(=O)c1cccc(C(=O)Nc2ccc(OC)cc2)c1. The van der Waals surface area contributed by atoms with E-state index in [1.54, 1.807) is 61.7 Å². The van der Waals surface area contributed by atoms with Gasteiger partial charge >= 0.3 is 0 Å². The van der Waals surface area contributed by atoms with E-state index < -0.39 is 15.9 Å². The Labute approximate surface area is 186 Å². The number of carbonyl (C=O) groups is 1. The average molecular weight is 457 g/mol. The molecule has 0 aliphatic carbocycles. The van der Waals surface area contributed by atoms with Crippen molar-refractivity contribution in [2.45, 2.75) is 4.90 Å². The Morgan fingerprint density at radius 1 is 1.10 bits per heavy atom. The summed E-state index contributed by atoms with van der Waals surface area (Å²) in [7, 11) is -2.44. The summed E-state index contributed by atoms with van der Waals surface area (Å²) in [5.41, 5.74) is 1.09. The number of benzene rings is 3. The first kappa shape index (κ1) is 22.4. The highest BCUT2D eigenvalue weighted by atomic mass is 35.5. The lowest BCUT2D eigenvalue weighted by atomic mass is 10.2. The van der Waals surface area contributed by atoms with Gasteiger partial charge < -0.3 is 10.1 Å². The number of halogens is 1. The summed E-state index contributed by atoms with van der Waals surface area (Å²) in [6.07, 6.45) is 1.47. The molecule has 0 saturated carbocycles. The number of amides is 1. The first-order chi connectivity index (χ1) is 14.9. The maximum atomic E-state index is 13.4. The molecule has 1 amide bonds. The summed E-state index contributed by atoms with van der Waals surface area (Å²) < 4.78 is 33.0. The van der Waals surface area contributed by atoms with Gasteiger partial charge in [-0.1, -0.05) is 35.9 Å². The van der Waals surface area contributed by atoms with Crippen LogP contribution in [0.15, 0.2) is 90.3 Å². The Balaban J connectivity index is 1.91. The quantitative estimate of drug-likeness (QED) is 0.485. The van der Waals surface area contributed by atoms with E-state index in [0.717, 1.165) is 4.31 Å². The van der Waals surface area contributed by atoms with Crippen molar-refractivity contribution in [2.24, 2.45) is 0 Å². The molecule has 0 spiro atoms. The third kappa shape index (κ3) is 5.07. The molecule has 0 radical (unpaired) electrons. The van der Waals surface area contributed by atoms with E-state index in [2.05, 4.69) is 11.9 Å². The Morgan fingerprint density at radius 2 is 1.81 bits per heavy atom. The second-order valence-corrected chi connectivity index (χ2v) is 8.76. The number of rotatable bonds is 8. The van der Waals surface area contributed by atoms with E-state index in [9.17, 15) is 13.2 Å². The van der Waals surface area contributed by atoms with Crippen molar-refractivity contribution in [3.05, 3.63) is 96.0 Å². The number of hydrogen-bond acceptors (Lipinski definition) is 4. The average Bonchev–Trinajstić information content (AvgIpc) is 2.78. The number of para-hydroxylation sites is 1. The molecule has 0 aliphatic heterocycles. The van der Waals surface area contributed by atoms with Crippen molar-refractivity contribution in [2.75, 3.05) is 23.3 Å². The molecule has 6 nitrogen and oxygen atoms in total. The van der Waals surface area contributed by atoms with Gasteiger partial charge in [0, 0.05) is 11.3 Å². The predicted octanol–water partition coefficient (Wildman–Crippen LogP) is 4.98. The molecule has 0 atom stereocenters. The van der Waals surface area contributed by atoms with E-state index in [0.29, 0.717) is 22.1 Å². The molecular formula is C23H21ClN2O4S. The van der Waals surface area contributed by atoms with E-state index in [-0.39, 0.29) is 17.0 Å². The molecule has 0 unspecified atom stereocenters. The summed E-state index contributed by atoms with van der Waals surface area (Å²) in [6.45, 7) is 3.67. The van der Waals surface area contributed by atoms with Crippen LogP contribution < -0.4 is 14.4 Å². The predicted molar refractivity (Wildman–Crippen MR) is 124 cm³/mol. The molecule has 3 aromatic rings. The van der Waals surface area contributed by atoms with Crippen LogP contribution >= 0.6 is 11.6 Å². The molecule has 160 valence electrons. The van der Waals surface area contributed by atoms with Gasteiger partial charge in [0.15, 0.2) is 0 Å². The molecule has 0 saturated heterocycles. The van der Waals surface area contributed by atoms with Crippen LogP contribution in [0.4, 0.5) is 11.4 Å². The molecule has 31 heavy (non-hydrogen) atoms. The van der Waals surface area contributed by atoms with Crippen molar-refractivity contribution < 1.29 is 17.9 Å². The summed E-state index contributed by atoms with van der Waals surface area (Å²) in [6, 6.07) is 19.3. The fourth-order valence-electron chi connectivity index (χ4n) is 2.90. The summed E-state index contributed by atoms with van der Waals surface area (Å²) in [4.78, 5) is 12.6. The van der Waals surface area contributed by atoms with Crippen molar-refractivity contribution in [1.82, 2.24) is 0 Å². The minimum Gasteiger partial charge on any atom is -0.497 e. The molecule has 3 rings (SSSR count). The normalized spacial score (nSPS) is 10.9. The van der Waals surface area contributed by atoms with Gasteiger partial charge in [0.25, 0.3) is 15.9 Å². The van der Waals surface area contributed by atoms with Gasteiger partial charge in [0.2, 0.25) is 0 Å². The van der Waals surface area contributed by atoms with Crippen LogP contribution in [-0.4, -0.2) is 28.0 Å². The highest BCUT2D eigenvalue weighted by Crippen LogP contribution is 2.30. The van der Waals surface area contributed by atoms with Crippen LogP contribution in [0.25, 0.3) is 0 Å². The smallest absolute Gasteiger partial charge is 0.264 e. The molecule has 1 N–H and O–H groups in total. The van der Waals surface area contributed by atoms with Crippen LogP contribution in [0.5, 0.6) is 5.75 Å². The van der Waals surface area contributed by atoms with Crippen molar-refractivity contribution in [1.29, 1.82) is 0 Å². The topological polar surface area (TPSA) is 75.7 Å². The number of sulfonamides is 1. The fourth-order valence-corrected chi connectivity index (χ4v) is 4.69. The molecular weight excluding hydrogens is 436 g/mol. The van der Waals surface area contributed by atoms with Gasteiger partial charge in [-0.2, -0.15) is 0 Å². The molecule has 0 bridgehead atoms. The van der Waals surface area contributed by atoms with Gasteiger partial charge in [-0.25, -0.2) is 8.42 Å². The van der Waals surface area contributed by atoms with E-state index in [4.69, 9.17) is 16.3 Å². The molecule has 3 aromatic carbocycles. The third-order valence-corrected chi connectivity index (χ3v) is 6.54. The van der Waals surface area contributed by atoms with Gasteiger partial charge in [-0.15, -0.1) is 6.58 Å². The fraction of sp³-hybridized carbons (Fsp3) is 0.0870. The molecule has 0 aliphatic rings. The number of nitrogens with one attached hydrogen (secondary N) is 1. The maximum absolute atomic E-state index is 13.4. The van der Waals surface area contributed by atoms with E-state index >= 15 is 0 Å². The van der Waals surface area contributed by atoms with Gasteiger partial charge in [-0.05, 0) is 54.6 Å². The van der Waals surface area contributed by atoms with Crippen molar-refractivity contribution in [3.8, 4) is 5.75 Å². The summed E-state index contributed by atoms with van der Waals surface area (Å²) in [5.74, 6) is 0.225. The molecule has 0 aromatic heterocycles. The third-order valence-electron chi connectivity index (χ3n) is 4.45. The lowest BCUT2D eigenvalue weighted by molar-refractivity contribution is 0.102. The van der Waals surface area contributed by atoms with Crippen molar-refractivity contribution in [3.63, 3.8) is 0 Å². The zero-order valence-electron chi connectivity index (χ0n) is 16.8. The molecule has 0 heterocycles. The van der Waals surface area contributed by atoms with Crippen LogP contribution in [0.2, 0.25) is 5.02 Å². The highest BCUT2D eigenvalue weighted by molar-refractivity contribution is 7.92. The van der Waals surface area contributed by atoms with E-state index in [1.165, 1.54) is 24.3 Å². The number of nitrogens with zero attached hydrogens (tertiary/aromatic N) is 1. The highest BCUT2D eigenvalue weighted by Gasteiger charge is 2.26. The molecule has 8 heteroatoms. The van der Waals surface area contributed by atoms with E-state index in [1.807, 2.05) is 0 Å². The minimum absolute atomic E-state index is 0.0222. The Hall–Kier alpha value is -3.29. The van der Waals surface area contributed by atoms with Crippen LogP contribution in [0.1, 0.15) is 10.4 Å². The summed E-state index contributed by atoms with van der Waals surface area (Å²) >= 11 is 6.23. The number of carbonyl (C=O) groups excluding carboxylic acids is 1. The lowest BCUT2D eigenvalue weighted by Crippen LogP contribution is -2.31.